The van der Waals surface area contributed by atoms with E-state index < -0.39 is 5.97 Å². The molecule has 1 heterocycles. The molecular formula is C20H18Cl2N2O2. The highest BCUT2D eigenvalue weighted by Gasteiger charge is 2.26. The van der Waals surface area contributed by atoms with E-state index in [0.29, 0.717) is 26.7 Å². The van der Waals surface area contributed by atoms with E-state index in [1.165, 1.54) is 0 Å². The average Bonchev–Trinajstić information content (AvgIpc) is 2.60. The Morgan fingerprint density at radius 1 is 1.08 bits per heavy atom. The molecule has 3 aromatic rings. The predicted molar refractivity (Wildman–Crippen MR) is 108 cm³/mol. The summed E-state index contributed by atoms with van der Waals surface area (Å²) in [7, 11) is 1.92. The maximum atomic E-state index is 12.0. The molecule has 0 atom stereocenters. The lowest BCUT2D eigenvalue weighted by atomic mass is 9.97. The zero-order valence-corrected chi connectivity index (χ0v) is 16.1. The average molecular weight is 389 g/mol. The predicted octanol–water partition coefficient (Wildman–Crippen LogP) is 5.75. The molecule has 1 aromatic heterocycles. The molecule has 0 saturated carbocycles. The summed E-state index contributed by atoms with van der Waals surface area (Å²) in [5.41, 5.74) is 2.27. The smallest absolute Gasteiger partial charge is 0.355 e. The molecule has 0 aliphatic carbocycles. The van der Waals surface area contributed by atoms with Crippen LogP contribution in [-0.4, -0.2) is 29.1 Å². The molecule has 0 aliphatic rings. The molecular weight excluding hydrogens is 371 g/mol. The van der Waals surface area contributed by atoms with Crippen molar-refractivity contribution in [3.8, 4) is 11.1 Å². The number of para-hydroxylation sites is 1. The standard InChI is InChI=1S/C20H18Cl2N2O2/c1-11(2)24(3)19-13-8-6-10-15(22)17(13)23-18(20(25)26)16(19)12-7-4-5-9-14(12)21/h4-11H,1-3H3,(H,25,26). The van der Waals surface area contributed by atoms with Gasteiger partial charge >= 0.3 is 5.97 Å². The van der Waals surface area contributed by atoms with E-state index in [1.807, 2.05) is 50.1 Å². The van der Waals surface area contributed by atoms with E-state index in [-0.39, 0.29) is 11.7 Å². The zero-order valence-electron chi connectivity index (χ0n) is 14.6. The maximum Gasteiger partial charge on any atom is 0.355 e. The highest BCUT2D eigenvalue weighted by Crippen LogP contribution is 2.43. The summed E-state index contributed by atoms with van der Waals surface area (Å²) in [5, 5.41) is 11.5. The van der Waals surface area contributed by atoms with Crippen molar-refractivity contribution in [1.29, 1.82) is 0 Å². The van der Waals surface area contributed by atoms with Crippen LogP contribution < -0.4 is 4.90 Å². The number of benzene rings is 2. The van der Waals surface area contributed by atoms with E-state index in [2.05, 4.69) is 4.98 Å². The van der Waals surface area contributed by atoms with Crippen molar-refractivity contribution in [3.63, 3.8) is 0 Å². The lowest BCUT2D eigenvalue weighted by Crippen LogP contribution is -2.27. The van der Waals surface area contributed by atoms with E-state index in [9.17, 15) is 9.90 Å². The first-order valence-corrected chi connectivity index (χ1v) is 8.91. The second-order valence-electron chi connectivity index (χ2n) is 6.31. The summed E-state index contributed by atoms with van der Waals surface area (Å²) in [6.07, 6.45) is 0. The minimum Gasteiger partial charge on any atom is -0.476 e. The van der Waals surface area contributed by atoms with Gasteiger partial charge in [-0.25, -0.2) is 9.78 Å². The highest BCUT2D eigenvalue weighted by atomic mass is 35.5. The third-order valence-electron chi connectivity index (χ3n) is 4.41. The lowest BCUT2D eigenvalue weighted by molar-refractivity contribution is 0.0692. The number of aromatic nitrogens is 1. The van der Waals surface area contributed by atoms with Crippen LogP contribution in [0.1, 0.15) is 24.3 Å². The lowest BCUT2D eigenvalue weighted by Gasteiger charge is -2.29. The Morgan fingerprint density at radius 3 is 2.35 bits per heavy atom. The van der Waals surface area contributed by atoms with Gasteiger partial charge in [-0.15, -0.1) is 0 Å². The van der Waals surface area contributed by atoms with Gasteiger partial charge in [0.1, 0.15) is 0 Å². The van der Waals surface area contributed by atoms with Gasteiger partial charge in [-0.05, 0) is 26.0 Å². The first-order valence-electron chi connectivity index (χ1n) is 8.16. The number of carbonyl (C=O) groups is 1. The molecule has 0 saturated heterocycles. The molecule has 2 aromatic carbocycles. The molecule has 0 bridgehead atoms. The van der Waals surface area contributed by atoms with Gasteiger partial charge in [-0.2, -0.15) is 0 Å². The van der Waals surface area contributed by atoms with Crippen LogP contribution in [0.4, 0.5) is 5.69 Å². The maximum absolute atomic E-state index is 12.0. The van der Waals surface area contributed by atoms with Crippen LogP contribution in [0.15, 0.2) is 42.5 Å². The summed E-state index contributed by atoms with van der Waals surface area (Å²) < 4.78 is 0. The molecule has 134 valence electrons. The topological polar surface area (TPSA) is 53.4 Å². The van der Waals surface area contributed by atoms with Crippen LogP contribution in [0, 0.1) is 0 Å². The van der Waals surface area contributed by atoms with E-state index >= 15 is 0 Å². The van der Waals surface area contributed by atoms with E-state index in [0.717, 1.165) is 11.1 Å². The van der Waals surface area contributed by atoms with Crippen molar-refractivity contribution >= 4 is 45.8 Å². The van der Waals surface area contributed by atoms with Crippen LogP contribution in [0.25, 0.3) is 22.0 Å². The summed E-state index contributed by atoms with van der Waals surface area (Å²) >= 11 is 12.7. The number of pyridine rings is 1. The largest absolute Gasteiger partial charge is 0.476 e. The van der Waals surface area contributed by atoms with Crippen LogP contribution in [-0.2, 0) is 0 Å². The number of fused-ring (bicyclic) bond motifs is 1. The molecule has 6 heteroatoms. The van der Waals surface area contributed by atoms with Crippen LogP contribution in [0.5, 0.6) is 0 Å². The van der Waals surface area contributed by atoms with Crippen molar-refractivity contribution in [1.82, 2.24) is 4.98 Å². The van der Waals surface area contributed by atoms with Crippen molar-refractivity contribution in [2.24, 2.45) is 0 Å². The van der Waals surface area contributed by atoms with Gasteiger partial charge in [0.2, 0.25) is 0 Å². The van der Waals surface area contributed by atoms with Gasteiger partial charge in [-0.3, -0.25) is 0 Å². The quantitative estimate of drug-likeness (QED) is 0.617. The van der Waals surface area contributed by atoms with Crippen molar-refractivity contribution in [3.05, 3.63) is 58.2 Å². The Hall–Kier alpha value is -2.30. The molecule has 1 N–H and O–H groups in total. The fourth-order valence-corrected chi connectivity index (χ4v) is 3.38. The Bertz CT molecular complexity index is 1000. The molecule has 0 fully saturated rings. The molecule has 0 amide bonds. The zero-order chi connectivity index (χ0) is 19.0. The van der Waals surface area contributed by atoms with Crippen LogP contribution in [0.3, 0.4) is 0 Å². The van der Waals surface area contributed by atoms with Gasteiger partial charge in [0.15, 0.2) is 5.69 Å². The number of rotatable bonds is 4. The summed E-state index contributed by atoms with van der Waals surface area (Å²) in [6.45, 7) is 4.07. The number of carboxylic acids is 1. The molecule has 0 radical (unpaired) electrons. The number of hydrogen-bond donors (Lipinski definition) is 1. The third kappa shape index (κ3) is 3.11. The molecule has 0 spiro atoms. The number of aromatic carboxylic acids is 1. The molecule has 26 heavy (non-hydrogen) atoms. The number of carboxylic acid groups (broad SMARTS) is 1. The normalized spacial score (nSPS) is 11.2. The fourth-order valence-electron chi connectivity index (χ4n) is 2.93. The first-order chi connectivity index (χ1) is 12.3. The van der Waals surface area contributed by atoms with Crippen LogP contribution in [0.2, 0.25) is 10.0 Å². The van der Waals surface area contributed by atoms with Gasteiger partial charge in [-0.1, -0.05) is 53.5 Å². The van der Waals surface area contributed by atoms with E-state index in [4.69, 9.17) is 23.2 Å². The highest BCUT2D eigenvalue weighted by molar-refractivity contribution is 6.36. The van der Waals surface area contributed by atoms with Crippen molar-refractivity contribution in [2.45, 2.75) is 19.9 Å². The van der Waals surface area contributed by atoms with Crippen LogP contribution >= 0.6 is 23.2 Å². The Balaban J connectivity index is 2.55. The molecule has 4 nitrogen and oxygen atoms in total. The van der Waals surface area contributed by atoms with Crippen molar-refractivity contribution < 1.29 is 9.90 Å². The minimum absolute atomic E-state index is 0.0683. The SMILES string of the molecule is CC(C)N(C)c1c(-c2ccccc2Cl)c(C(=O)O)nc2c(Cl)cccc12. The Kier molecular flexibility index (Phi) is 5.08. The number of anilines is 1. The van der Waals surface area contributed by atoms with Gasteiger partial charge in [0.25, 0.3) is 0 Å². The Morgan fingerprint density at radius 2 is 1.73 bits per heavy atom. The first kappa shape index (κ1) is 18.5. The van der Waals surface area contributed by atoms with Gasteiger partial charge in [0, 0.05) is 34.6 Å². The minimum atomic E-state index is -1.12. The monoisotopic (exact) mass is 388 g/mol. The molecule has 0 unspecified atom stereocenters. The van der Waals surface area contributed by atoms with E-state index in [1.54, 1.807) is 18.2 Å². The van der Waals surface area contributed by atoms with Crippen molar-refractivity contribution in [2.75, 3.05) is 11.9 Å². The second kappa shape index (κ2) is 7.14. The fraction of sp³-hybridized carbons (Fsp3) is 0.200. The number of halogens is 2. The second-order valence-corrected chi connectivity index (χ2v) is 7.12. The summed E-state index contributed by atoms with van der Waals surface area (Å²) in [6, 6.07) is 12.7. The van der Waals surface area contributed by atoms with Gasteiger partial charge in [0.05, 0.1) is 16.2 Å². The Labute approximate surface area is 162 Å². The number of nitrogens with zero attached hydrogens (tertiary/aromatic N) is 2. The molecule has 0 aliphatic heterocycles. The molecule has 3 rings (SSSR count). The summed E-state index contributed by atoms with van der Waals surface area (Å²) in [4.78, 5) is 18.4. The van der Waals surface area contributed by atoms with Gasteiger partial charge < -0.3 is 10.0 Å². The third-order valence-corrected chi connectivity index (χ3v) is 5.05. The number of hydrogen-bond acceptors (Lipinski definition) is 3. The summed E-state index contributed by atoms with van der Waals surface area (Å²) in [5.74, 6) is -1.12.